The van der Waals surface area contributed by atoms with Gasteiger partial charge in [-0.3, -0.25) is 0 Å². The minimum absolute atomic E-state index is 0.705. The Labute approximate surface area is 109 Å². The Balaban J connectivity index is 2.56. The van der Waals surface area contributed by atoms with Crippen LogP contribution in [0.3, 0.4) is 0 Å². The molecule has 0 aliphatic rings. The van der Waals surface area contributed by atoms with Gasteiger partial charge < -0.3 is 10.3 Å². The van der Waals surface area contributed by atoms with Gasteiger partial charge in [0.1, 0.15) is 0 Å². The first-order valence-electron chi connectivity index (χ1n) is 6.49. The van der Waals surface area contributed by atoms with Crippen LogP contribution in [0.1, 0.15) is 28.1 Å². The van der Waals surface area contributed by atoms with Crippen molar-refractivity contribution in [1.29, 1.82) is 0 Å². The summed E-state index contributed by atoms with van der Waals surface area (Å²) in [6.45, 7) is 9.33. The lowest BCUT2D eigenvalue weighted by atomic mass is 10.1. The van der Waals surface area contributed by atoms with Crippen molar-refractivity contribution in [2.24, 2.45) is 5.73 Å². The lowest BCUT2D eigenvalue weighted by Gasteiger charge is -2.12. The zero-order valence-corrected chi connectivity index (χ0v) is 11.7. The van der Waals surface area contributed by atoms with Crippen LogP contribution in [0.5, 0.6) is 0 Å². The molecule has 96 valence electrons. The maximum absolute atomic E-state index is 5.67. The Morgan fingerprint density at radius 2 is 1.56 bits per heavy atom. The van der Waals surface area contributed by atoms with Gasteiger partial charge in [0.2, 0.25) is 0 Å². The largest absolute Gasteiger partial charge is 0.330 e. The molecule has 0 fully saturated rings. The SMILES string of the molecule is Cc1cc(C)cc(-n2c(C)cc(CCN)c2C)c1. The standard InChI is InChI=1S/C16H22N2/c1-11-7-12(2)9-16(8-11)18-13(3)10-15(5-6-17)14(18)4/h7-10H,5-6,17H2,1-4H3. The van der Waals surface area contributed by atoms with Crippen molar-refractivity contribution >= 4 is 0 Å². The zero-order valence-electron chi connectivity index (χ0n) is 11.7. The number of aromatic nitrogens is 1. The number of rotatable bonds is 3. The molecule has 0 unspecified atom stereocenters. The lowest BCUT2D eigenvalue weighted by Crippen LogP contribution is -2.05. The van der Waals surface area contributed by atoms with Crippen LogP contribution in [0.15, 0.2) is 24.3 Å². The second kappa shape index (κ2) is 4.99. The molecule has 0 radical (unpaired) electrons. The van der Waals surface area contributed by atoms with Crippen LogP contribution in [0, 0.1) is 27.7 Å². The minimum atomic E-state index is 0.705. The van der Waals surface area contributed by atoms with Crippen LogP contribution in [-0.4, -0.2) is 11.1 Å². The average molecular weight is 242 g/mol. The molecule has 1 aromatic heterocycles. The van der Waals surface area contributed by atoms with Gasteiger partial charge in [0, 0.05) is 17.1 Å². The van der Waals surface area contributed by atoms with Gasteiger partial charge in [-0.05, 0) is 75.5 Å². The lowest BCUT2D eigenvalue weighted by molar-refractivity contribution is 0.919. The topological polar surface area (TPSA) is 30.9 Å². The quantitative estimate of drug-likeness (QED) is 0.880. The Hall–Kier alpha value is -1.54. The first-order chi connectivity index (χ1) is 8.52. The molecule has 1 aromatic carbocycles. The molecule has 0 saturated heterocycles. The predicted molar refractivity (Wildman–Crippen MR) is 77.5 cm³/mol. The van der Waals surface area contributed by atoms with Gasteiger partial charge in [-0.25, -0.2) is 0 Å². The zero-order chi connectivity index (χ0) is 13.3. The van der Waals surface area contributed by atoms with E-state index >= 15 is 0 Å². The Kier molecular flexibility index (Phi) is 3.58. The number of aryl methyl sites for hydroxylation is 3. The van der Waals surface area contributed by atoms with Crippen LogP contribution < -0.4 is 5.73 Å². The molecule has 2 aromatic rings. The summed E-state index contributed by atoms with van der Waals surface area (Å²) in [5, 5.41) is 0. The summed E-state index contributed by atoms with van der Waals surface area (Å²) in [5.41, 5.74) is 13.5. The number of hydrogen-bond acceptors (Lipinski definition) is 1. The molecule has 2 nitrogen and oxygen atoms in total. The molecule has 18 heavy (non-hydrogen) atoms. The molecular weight excluding hydrogens is 220 g/mol. The van der Waals surface area contributed by atoms with Gasteiger partial charge in [0.05, 0.1) is 0 Å². The van der Waals surface area contributed by atoms with Crippen molar-refractivity contribution in [2.75, 3.05) is 6.54 Å². The van der Waals surface area contributed by atoms with Crippen molar-refractivity contribution in [1.82, 2.24) is 4.57 Å². The van der Waals surface area contributed by atoms with Gasteiger partial charge in [-0.15, -0.1) is 0 Å². The number of hydrogen-bond donors (Lipinski definition) is 1. The van der Waals surface area contributed by atoms with Gasteiger partial charge in [0.25, 0.3) is 0 Å². The highest BCUT2D eigenvalue weighted by molar-refractivity contribution is 5.45. The fourth-order valence-corrected chi connectivity index (χ4v) is 2.71. The molecule has 0 bridgehead atoms. The molecule has 0 spiro atoms. The molecule has 0 aliphatic heterocycles. The van der Waals surface area contributed by atoms with E-state index in [1.165, 1.54) is 33.8 Å². The molecule has 2 heteroatoms. The third-order valence-corrected chi connectivity index (χ3v) is 3.41. The summed E-state index contributed by atoms with van der Waals surface area (Å²) in [4.78, 5) is 0. The summed E-state index contributed by atoms with van der Waals surface area (Å²) in [5.74, 6) is 0. The normalized spacial score (nSPS) is 10.9. The van der Waals surface area contributed by atoms with Crippen molar-refractivity contribution in [3.63, 3.8) is 0 Å². The molecule has 0 atom stereocenters. The maximum atomic E-state index is 5.67. The van der Waals surface area contributed by atoms with Crippen LogP contribution in [0.2, 0.25) is 0 Å². The first kappa shape index (κ1) is 12.9. The molecule has 0 saturated carbocycles. The molecule has 1 heterocycles. The van der Waals surface area contributed by atoms with E-state index in [9.17, 15) is 0 Å². The van der Waals surface area contributed by atoms with Crippen molar-refractivity contribution in [3.8, 4) is 5.69 Å². The van der Waals surface area contributed by atoms with Crippen LogP contribution in [0.4, 0.5) is 0 Å². The third-order valence-electron chi connectivity index (χ3n) is 3.41. The van der Waals surface area contributed by atoms with Gasteiger partial charge >= 0.3 is 0 Å². The predicted octanol–water partition coefficient (Wildman–Crippen LogP) is 3.21. The van der Waals surface area contributed by atoms with E-state index in [1.54, 1.807) is 0 Å². The van der Waals surface area contributed by atoms with E-state index in [-0.39, 0.29) is 0 Å². The van der Waals surface area contributed by atoms with E-state index in [4.69, 9.17) is 5.73 Å². The van der Waals surface area contributed by atoms with Crippen LogP contribution in [0.25, 0.3) is 5.69 Å². The van der Waals surface area contributed by atoms with Crippen LogP contribution >= 0.6 is 0 Å². The highest BCUT2D eigenvalue weighted by atomic mass is 15.0. The van der Waals surface area contributed by atoms with E-state index in [2.05, 4.69) is 56.5 Å². The summed E-state index contributed by atoms with van der Waals surface area (Å²) >= 11 is 0. The molecule has 0 aliphatic carbocycles. The van der Waals surface area contributed by atoms with Gasteiger partial charge in [-0.2, -0.15) is 0 Å². The Morgan fingerprint density at radius 1 is 0.944 bits per heavy atom. The monoisotopic (exact) mass is 242 g/mol. The fourth-order valence-electron chi connectivity index (χ4n) is 2.71. The third kappa shape index (κ3) is 2.34. The molecule has 2 N–H and O–H groups in total. The van der Waals surface area contributed by atoms with E-state index in [0.717, 1.165) is 6.42 Å². The van der Waals surface area contributed by atoms with Crippen molar-refractivity contribution in [2.45, 2.75) is 34.1 Å². The van der Waals surface area contributed by atoms with Crippen molar-refractivity contribution < 1.29 is 0 Å². The second-order valence-electron chi connectivity index (χ2n) is 5.12. The highest BCUT2D eigenvalue weighted by Crippen LogP contribution is 2.22. The molecule has 2 rings (SSSR count). The molecule has 0 amide bonds. The Bertz CT molecular complexity index is 544. The first-order valence-corrected chi connectivity index (χ1v) is 6.49. The van der Waals surface area contributed by atoms with Crippen molar-refractivity contribution in [3.05, 3.63) is 52.3 Å². The summed E-state index contributed by atoms with van der Waals surface area (Å²) in [6.07, 6.45) is 0.949. The van der Waals surface area contributed by atoms with E-state index in [0.29, 0.717) is 6.54 Å². The number of nitrogens with two attached hydrogens (primary N) is 1. The maximum Gasteiger partial charge on any atom is 0.0460 e. The number of benzene rings is 1. The minimum Gasteiger partial charge on any atom is -0.330 e. The smallest absolute Gasteiger partial charge is 0.0460 e. The van der Waals surface area contributed by atoms with Crippen LogP contribution in [-0.2, 0) is 6.42 Å². The number of nitrogens with zero attached hydrogens (tertiary/aromatic N) is 1. The summed E-state index contributed by atoms with van der Waals surface area (Å²) < 4.78 is 2.32. The average Bonchev–Trinajstić information content (AvgIpc) is 2.53. The van der Waals surface area contributed by atoms with E-state index in [1.807, 2.05) is 0 Å². The highest BCUT2D eigenvalue weighted by Gasteiger charge is 2.10. The van der Waals surface area contributed by atoms with Gasteiger partial charge in [0.15, 0.2) is 0 Å². The van der Waals surface area contributed by atoms with Gasteiger partial charge in [-0.1, -0.05) is 6.07 Å². The summed E-state index contributed by atoms with van der Waals surface area (Å²) in [6, 6.07) is 8.93. The fraction of sp³-hybridized carbons (Fsp3) is 0.375. The Morgan fingerprint density at radius 3 is 2.11 bits per heavy atom. The summed E-state index contributed by atoms with van der Waals surface area (Å²) in [7, 11) is 0. The van der Waals surface area contributed by atoms with E-state index < -0.39 is 0 Å². The second-order valence-corrected chi connectivity index (χ2v) is 5.12. The molecular formula is C16H22N2.